The van der Waals surface area contributed by atoms with Gasteiger partial charge in [-0.1, -0.05) is 25.5 Å². The molecule has 1 aliphatic rings. The number of hydrogen-bond donors (Lipinski definition) is 0. The summed E-state index contributed by atoms with van der Waals surface area (Å²) in [5.74, 6) is 1.85. The van der Waals surface area contributed by atoms with Crippen molar-refractivity contribution in [2.45, 2.75) is 33.6 Å². The Bertz CT molecular complexity index is 110. The third-order valence-corrected chi connectivity index (χ3v) is 2.55. The SMILES string of the molecule is CC=C1CC(C)C(C)C1. The monoisotopic (exact) mass is 124 g/mol. The average Bonchev–Trinajstić information content (AvgIpc) is 2.13. The topological polar surface area (TPSA) is 0 Å². The van der Waals surface area contributed by atoms with Crippen LogP contribution in [0.4, 0.5) is 0 Å². The van der Waals surface area contributed by atoms with Crippen molar-refractivity contribution in [1.82, 2.24) is 0 Å². The molecule has 0 heteroatoms. The number of hydrogen-bond acceptors (Lipinski definition) is 0. The van der Waals surface area contributed by atoms with E-state index in [1.807, 2.05) is 0 Å². The van der Waals surface area contributed by atoms with E-state index in [0.717, 1.165) is 11.8 Å². The van der Waals surface area contributed by atoms with Gasteiger partial charge in [-0.3, -0.25) is 0 Å². The first-order valence-electron chi connectivity index (χ1n) is 3.88. The summed E-state index contributed by atoms with van der Waals surface area (Å²) in [5.41, 5.74) is 1.66. The lowest BCUT2D eigenvalue weighted by molar-refractivity contribution is 0.457. The summed E-state index contributed by atoms with van der Waals surface area (Å²) >= 11 is 0. The molecule has 0 N–H and O–H groups in total. The van der Waals surface area contributed by atoms with Crippen molar-refractivity contribution in [3.63, 3.8) is 0 Å². The molecule has 0 saturated heterocycles. The fourth-order valence-corrected chi connectivity index (χ4v) is 1.55. The Labute approximate surface area is 58.0 Å². The van der Waals surface area contributed by atoms with Crippen molar-refractivity contribution < 1.29 is 0 Å². The van der Waals surface area contributed by atoms with Crippen LogP contribution in [0, 0.1) is 11.8 Å². The van der Waals surface area contributed by atoms with Gasteiger partial charge in [0.25, 0.3) is 0 Å². The van der Waals surface area contributed by atoms with Gasteiger partial charge in [0.05, 0.1) is 0 Å². The van der Waals surface area contributed by atoms with E-state index in [-0.39, 0.29) is 0 Å². The van der Waals surface area contributed by atoms with Gasteiger partial charge >= 0.3 is 0 Å². The first kappa shape index (κ1) is 6.85. The second-order valence-electron chi connectivity index (χ2n) is 3.31. The summed E-state index contributed by atoms with van der Waals surface area (Å²) in [6, 6.07) is 0. The van der Waals surface area contributed by atoms with Gasteiger partial charge < -0.3 is 0 Å². The smallest absolute Gasteiger partial charge is 0.0292 e. The molecular weight excluding hydrogens is 108 g/mol. The maximum absolute atomic E-state index is 2.35. The highest BCUT2D eigenvalue weighted by Crippen LogP contribution is 2.34. The van der Waals surface area contributed by atoms with Crippen LogP contribution in [0.3, 0.4) is 0 Å². The van der Waals surface area contributed by atoms with Gasteiger partial charge in [0.2, 0.25) is 0 Å². The minimum atomic E-state index is 0.927. The second-order valence-corrected chi connectivity index (χ2v) is 3.31. The van der Waals surface area contributed by atoms with Crippen LogP contribution in [0.15, 0.2) is 11.6 Å². The molecule has 0 nitrogen and oxygen atoms in total. The molecule has 0 aromatic carbocycles. The first-order chi connectivity index (χ1) is 4.24. The zero-order valence-electron chi connectivity index (χ0n) is 6.65. The van der Waals surface area contributed by atoms with Gasteiger partial charge in [0.15, 0.2) is 0 Å². The van der Waals surface area contributed by atoms with Crippen LogP contribution < -0.4 is 0 Å². The van der Waals surface area contributed by atoms with E-state index in [1.54, 1.807) is 5.57 Å². The molecule has 1 fully saturated rings. The summed E-state index contributed by atoms with van der Waals surface area (Å²) in [4.78, 5) is 0. The largest absolute Gasteiger partial charge is 0.0884 e. The molecule has 9 heavy (non-hydrogen) atoms. The average molecular weight is 124 g/mol. The molecule has 0 radical (unpaired) electrons. The van der Waals surface area contributed by atoms with Crippen LogP contribution in [-0.4, -0.2) is 0 Å². The van der Waals surface area contributed by atoms with E-state index in [4.69, 9.17) is 0 Å². The van der Waals surface area contributed by atoms with Gasteiger partial charge in [-0.15, -0.1) is 0 Å². The molecule has 2 unspecified atom stereocenters. The Morgan fingerprint density at radius 1 is 1.22 bits per heavy atom. The summed E-state index contributed by atoms with van der Waals surface area (Å²) in [7, 11) is 0. The molecule has 2 atom stereocenters. The minimum absolute atomic E-state index is 0.927. The quantitative estimate of drug-likeness (QED) is 0.435. The zero-order valence-corrected chi connectivity index (χ0v) is 6.65. The number of allylic oxidation sites excluding steroid dienone is 2. The molecule has 0 aromatic heterocycles. The number of rotatable bonds is 0. The lowest BCUT2D eigenvalue weighted by Gasteiger charge is -2.04. The maximum atomic E-state index is 2.35. The minimum Gasteiger partial charge on any atom is -0.0884 e. The lowest BCUT2D eigenvalue weighted by Crippen LogP contribution is -1.95. The van der Waals surface area contributed by atoms with E-state index in [0.29, 0.717) is 0 Å². The molecule has 0 aromatic rings. The Morgan fingerprint density at radius 3 is 1.89 bits per heavy atom. The van der Waals surface area contributed by atoms with Crippen molar-refractivity contribution >= 4 is 0 Å². The van der Waals surface area contributed by atoms with Crippen molar-refractivity contribution in [3.05, 3.63) is 11.6 Å². The first-order valence-corrected chi connectivity index (χ1v) is 3.88. The predicted molar refractivity (Wildman–Crippen MR) is 41.3 cm³/mol. The molecule has 0 spiro atoms. The highest BCUT2D eigenvalue weighted by Gasteiger charge is 2.21. The Kier molecular flexibility index (Phi) is 1.94. The molecule has 0 bridgehead atoms. The Balaban J connectivity index is 2.54. The van der Waals surface area contributed by atoms with E-state index >= 15 is 0 Å². The summed E-state index contributed by atoms with van der Waals surface area (Å²) in [6.07, 6.45) is 4.97. The van der Waals surface area contributed by atoms with Crippen molar-refractivity contribution in [1.29, 1.82) is 0 Å². The predicted octanol–water partition coefficient (Wildman–Crippen LogP) is 3.00. The molecule has 1 saturated carbocycles. The van der Waals surface area contributed by atoms with Gasteiger partial charge in [-0.05, 0) is 31.6 Å². The molecular formula is C9H16. The maximum Gasteiger partial charge on any atom is -0.0292 e. The fraction of sp³-hybridized carbons (Fsp3) is 0.778. The van der Waals surface area contributed by atoms with Gasteiger partial charge in [-0.2, -0.15) is 0 Å². The third-order valence-electron chi connectivity index (χ3n) is 2.55. The summed E-state index contributed by atoms with van der Waals surface area (Å²) < 4.78 is 0. The van der Waals surface area contributed by atoms with Crippen molar-refractivity contribution in [2.24, 2.45) is 11.8 Å². The van der Waals surface area contributed by atoms with Gasteiger partial charge in [0, 0.05) is 0 Å². The van der Waals surface area contributed by atoms with Crippen LogP contribution in [0.25, 0.3) is 0 Å². The Morgan fingerprint density at radius 2 is 1.67 bits per heavy atom. The molecule has 1 aliphatic carbocycles. The van der Waals surface area contributed by atoms with Crippen molar-refractivity contribution in [2.75, 3.05) is 0 Å². The van der Waals surface area contributed by atoms with E-state index in [1.165, 1.54) is 12.8 Å². The van der Waals surface area contributed by atoms with Crippen molar-refractivity contribution in [3.8, 4) is 0 Å². The standard InChI is InChI=1S/C9H16/c1-4-9-5-7(2)8(3)6-9/h4,7-8H,5-6H2,1-3H3. The molecule has 0 amide bonds. The van der Waals surface area contributed by atoms with Gasteiger partial charge in [0.1, 0.15) is 0 Å². The molecule has 52 valence electrons. The third kappa shape index (κ3) is 1.35. The summed E-state index contributed by atoms with van der Waals surface area (Å²) in [6.45, 7) is 6.85. The van der Waals surface area contributed by atoms with E-state index in [9.17, 15) is 0 Å². The normalized spacial score (nSPS) is 35.2. The van der Waals surface area contributed by atoms with Crippen LogP contribution in [0.2, 0.25) is 0 Å². The second kappa shape index (κ2) is 2.55. The molecule has 1 rings (SSSR count). The molecule has 0 heterocycles. The Hall–Kier alpha value is -0.260. The highest BCUT2D eigenvalue weighted by atomic mass is 14.3. The molecule has 0 aliphatic heterocycles. The highest BCUT2D eigenvalue weighted by molar-refractivity contribution is 5.08. The summed E-state index contributed by atoms with van der Waals surface area (Å²) in [5, 5.41) is 0. The van der Waals surface area contributed by atoms with Crippen LogP contribution in [-0.2, 0) is 0 Å². The van der Waals surface area contributed by atoms with Crippen LogP contribution in [0.1, 0.15) is 33.6 Å². The van der Waals surface area contributed by atoms with Crippen LogP contribution in [0.5, 0.6) is 0 Å². The van der Waals surface area contributed by atoms with E-state index < -0.39 is 0 Å². The zero-order chi connectivity index (χ0) is 6.85. The lowest BCUT2D eigenvalue weighted by atomic mass is 10.0. The van der Waals surface area contributed by atoms with Crippen LogP contribution >= 0.6 is 0 Å². The fourth-order valence-electron chi connectivity index (χ4n) is 1.55. The van der Waals surface area contributed by atoms with Gasteiger partial charge in [-0.25, -0.2) is 0 Å². The van der Waals surface area contributed by atoms with E-state index in [2.05, 4.69) is 26.8 Å².